The molecule has 2 atom stereocenters. The molecule has 1 nitrogen and oxygen atoms in total. The van der Waals surface area contributed by atoms with Crippen LogP contribution >= 0.6 is 0 Å². The molecule has 0 bridgehead atoms. The van der Waals surface area contributed by atoms with Crippen molar-refractivity contribution in [3.05, 3.63) is 71.7 Å². The molecular formula is C19H20LiN. The second-order valence-electron chi connectivity index (χ2n) is 5.88. The van der Waals surface area contributed by atoms with Gasteiger partial charge in [-0.3, -0.25) is 0 Å². The molecule has 1 aromatic rings. The standard InChI is InChI=1S/C19H20N.Li/c1-2-8-14(9-3-1)19-15-10-4-6-12-17(15)20-18-13-7-5-11-16(18)19;/h1-4,6,8-10,13,17-18,20H,5,7,11-12H2;/q-1;+1. The zero-order valence-electron chi connectivity index (χ0n) is 12.7. The van der Waals surface area contributed by atoms with E-state index in [0.29, 0.717) is 12.1 Å². The van der Waals surface area contributed by atoms with Crippen LogP contribution in [-0.4, -0.2) is 12.1 Å². The van der Waals surface area contributed by atoms with E-state index >= 15 is 0 Å². The molecule has 4 rings (SSSR count). The summed E-state index contributed by atoms with van der Waals surface area (Å²) in [4.78, 5) is 0. The number of hydrogen-bond donors (Lipinski definition) is 1. The molecule has 1 aliphatic heterocycles. The van der Waals surface area contributed by atoms with E-state index in [4.69, 9.17) is 0 Å². The number of rotatable bonds is 1. The number of hydrogen-bond acceptors (Lipinski definition) is 1. The Morgan fingerprint density at radius 3 is 2.86 bits per heavy atom. The van der Waals surface area contributed by atoms with Crippen molar-refractivity contribution in [2.45, 2.75) is 37.8 Å². The number of allylic oxidation sites excluding steroid dienone is 2. The summed E-state index contributed by atoms with van der Waals surface area (Å²) < 4.78 is 0. The number of benzene rings is 1. The van der Waals surface area contributed by atoms with Gasteiger partial charge >= 0.3 is 18.9 Å². The third-order valence-electron chi connectivity index (χ3n) is 4.64. The maximum Gasteiger partial charge on any atom is 1.00 e. The molecule has 0 amide bonds. The van der Waals surface area contributed by atoms with E-state index in [2.05, 4.69) is 60.3 Å². The van der Waals surface area contributed by atoms with Crippen LogP contribution < -0.4 is 24.2 Å². The smallest absolute Gasteiger partial charge is 0.333 e. The number of fused-ring (bicyclic) bond motifs is 2. The van der Waals surface area contributed by atoms with Gasteiger partial charge < -0.3 is 11.7 Å². The minimum absolute atomic E-state index is 0. The first-order valence-electron chi connectivity index (χ1n) is 7.68. The molecule has 2 heteroatoms. The molecule has 21 heavy (non-hydrogen) atoms. The van der Waals surface area contributed by atoms with Gasteiger partial charge in [-0.25, -0.2) is 0 Å². The average Bonchev–Trinajstić information content (AvgIpc) is 2.53. The van der Waals surface area contributed by atoms with Crippen LogP contribution in [0.25, 0.3) is 5.57 Å². The molecule has 0 saturated heterocycles. The zero-order chi connectivity index (χ0) is 13.4. The molecule has 1 saturated carbocycles. The van der Waals surface area contributed by atoms with Crippen LogP contribution in [0.4, 0.5) is 0 Å². The predicted molar refractivity (Wildman–Crippen MR) is 84.1 cm³/mol. The van der Waals surface area contributed by atoms with Crippen LogP contribution in [0.2, 0.25) is 0 Å². The van der Waals surface area contributed by atoms with Crippen LogP contribution in [-0.2, 0) is 0 Å². The summed E-state index contributed by atoms with van der Waals surface area (Å²) >= 11 is 0. The first kappa shape index (κ1) is 14.9. The van der Waals surface area contributed by atoms with Gasteiger partial charge in [0.25, 0.3) is 0 Å². The number of nitrogens with one attached hydrogen (secondary N) is 1. The Morgan fingerprint density at radius 2 is 2.00 bits per heavy atom. The van der Waals surface area contributed by atoms with E-state index in [-0.39, 0.29) is 18.9 Å². The first-order valence-corrected chi connectivity index (χ1v) is 7.68. The molecule has 1 heterocycles. The predicted octanol–water partition coefficient (Wildman–Crippen LogP) is 1.06. The summed E-state index contributed by atoms with van der Waals surface area (Å²) in [6.07, 6.45) is 14.1. The van der Waals surface area contributed by atoms with Crippen molar-refractivity contribution in [2.24, 2.45) is 0 Å². The van der Waals surface area contributed by atoms with Gasteiger partial charge in [-0.05, 0) is 29.6 Å². The third kappa shape index (κ3) is 2.71. The fourth-order valence-electron chi connectivity index (χ4n) is 3.73. The van der Waals surface area contributed by atoms with E-state index < -0.39 is 0 Å². The van der Waals surface area contributed by atoms with Gasteiger partial charge in [-0.1, -0.05) is 66.6 Å². The van der Waals surface area contributed by atoms with E-state index in [1.165, 1.54) is 36.0 Å². The summed E-state index contributed by atoms with van der Waals surface area (Å²) in [7, 11) is 0. The Kier molecular flexibility index (Phi) is 4.55. The molecule has 1 aromatic carbocycles. The second-order valence-corrected chi connectivity index (χ2v) is 5.88. The maximum absolute atomic E-state index is 3.82. The van der Waals surface area contributed by atoms with Gasteiger partial charge in [-0.2, -0.15) is 6.42 Å². The summed E-state index contributed by atoms with van der Waals surface area (Å²) in [6.45, 7) is 0. The minimum atomic E-state index is 0. The molecule has 0 spiro atoms. The molecule has 0 radical (unpaired) electrons. The van der Waals surface area contributed by atoms with Crippen molar-refractivity contribution in [3.8, 4) is 0 Å². The van der Waals surface area contributed by atoms with Crippen molar-refractivity contribution in [1.82, 2.24) is 5.32 Å². The van der Waals surface area contributed by atoms with Crippen LogP contribution in [0.1, 0.15) is 31.2 Å². The molecule has 3 aliphatic rings. The van der Waals surface area contributed by atoms with E-state index in [1.54, 1.807) is 5.57 Å². The molecular weight excluding hydrogens is 249 g/mol. The fourth-order valence-corrected chi connectivity index (χ4v) is 3.73. The van der Waals surface area contributed by atoms with E-state index in [9.17, 15) is 0 Å². The first-order chi connectivity index (χ1) is 9.93. The van der Waals surface area contributed by atoms with Gasteiger partial charge in [0.2, 0.25) is 0 Å². The molecule has 2 unspecified atom stereocenters. The quantitative estimate of drug-likeness (QED) is 0.594. The summed E-state index contributed by atoms with van der Waals surface area (Å²) in [5, 5.41) is 3.82. The van der Waals surface area contributed by atoms with Crippen molar-refractivity contribution >= 4 is 5.57 Å². The zero-order valence-corrected chi connectivity index (χ0v) is 12.7. The largest absolute Gasteiger partial charge is 1.00 e. The van der Waals surface area contributed by atoms with Crippen molar-refractivity contribution in [3.63, 3.8) is 0 Å². The summed E-state index contributed by atoms with van der Waals surface area (Å²) in [5.41, 5.74) is 5.98. The minimum Gasteiger partial charge on any atom is -0.333 e. The summed E-state index contributed by atoms with van der Waals surface area (Å²) in [5.74, 6) is 0. The van der Waals surface area contributed by atoms with Crippen LogP contribution in [0.3, 0.4) is 0 Å². The van der Waals surface area contributed by atoms with Crippen LogP contribution in [0.15, 0.2) is 59.7 Å². The average molecular weight is 269 g/mol. The van der Waals surface area contributed by atoms with Gasteiger partial charge in [-0.15, -0.1) is 0 Å². The van der Waals surface area contributed by atoms with Crippen LogP contribution in [0, 0.1) is 6.42 Å². The molecule has 2 aliphatic carbocycles. The SMILES string of the molecule is C1=CCC2NC3[CH-]CCCC3=C(c3ccccc3)C2=C1.[Li+]. The molecule has 0 aromatic heterocycles. The second kappa shape index (κ2) is 6.40. The van der Waals surface area contributed by atoms with Crippen molar-refractivity contribution in [1.29, 1.82) is 0 Å². The van der Waals surface area contributed by atoms with Gasteiger partial charge in [0.1, 0.15) is 0 Å². The Bertz CT molecular complexity index is 597. The van der Waals surface area contributed by atoms with E-state index in [1.807, 2.05) is 0 Å². The third-order valence-corrected chi connectivity index (χ3v) is 4.64. The monoisotopic (exact) mass is 269 g/mol. The normalized spacial score (nSPS) is 27.3. The van der Waals surface area contributed by atoms with Crippen molar-refractivity contribution < 1.29 is 18.9 Å². The van der Waals surface area contributed by atoms with Gasteiger partial charge in [0.05, 0.1) is 0 Å². The van der Waals surface area contributed by atoms with Gasteiger partial charge in [0, 0.05) is 6.04 Å². The van der Waals surface area contributed by atoms with E-state index in [0.717, 1.165) is 6.42 Å². The topological polar surface area (TPSA) is 12.0 Å². The molecule has 1 N–H and O–H groups in total. The fraction of sp³-hybridized carbons (Fsp3) is 0.316. The summed E-state index contributed by atoms with van der Waals surface area (Å²) in [6, 6.07) is 11.9. The molecule has 1 fully saturated rings. The van der Waals surface area contributed by atoms with Crippen molar-refractivity contribution in [2.75, 3.05) is 0 Å². The Morgan fingerprint density at radius 1 is 1.14 bits per heavy atom. The van der Waals surface area contributed by atoms with Gasteiger partial charge in [0.15, 0.2) is 0 Å². The van der Waals surface area contributed by atoms with Crippen LogP contribution in [0.5, 0.6) is 0 Å². The molecule has 102 valence electrons. The Labute approximate surface area is 139 Å². The maximum atomic E-state index is 3.82. The Balaban J connectivity index is 0.00000132. The Hall–Kier alpha value is -1.00.